The van der Waals surface area contributed by atoms with Crippen LogP contribution in [0.1, 0.15) is 12.8 Å². The lowest BCUT2D eigenvalue weighted by Crippen LogP contribution is -2.51. The van der Waals surface area contributed by atoms with Gasteiger partial charge in [-0.05, 0) is 35.7 Å². The molecule has 0 bridgehead atoms. The molecular formula is C21H25N3O3S3. The van der Waals surface area contributed by atoms with Crippen molar-refractivity contribution in [2.45, 2.75) is 17.7 Å². The summed E-state index contributed by atoms with van der Waals surface area (Å²) in [6.07, 6.45) is 2.31. The van der Waals surface area contributed by atoms with Gasteiger partial charge in [0.25, 0.3) is 0 Å². The molecule has 160 valence electrons. The highest BCUT2D eigenvalue weighted by atomic mass is 32.2. The maximum absolute atomic E-state index is 13.1. The minimum Gasteiger partial charge on any atom is -0.358 e. The molecule has 0 aliphatic carbocycles. The lowest BCUT2D eigenvalue weighted by Gasteiger charge is -2.34. The van der Waals surface area contributed by atoms with E-state index in [0.717, 1.165) is 41.0 Å². The van der Waals surface area contributed by atoms with Crippen molar-refractivity contribution in [3.05, 3.63) is 42.5 Å². The number of likely N-dealkylation sites (tertiary alicyclic amines) is 1. The van der Waals surface area contributed by atoms with Gasteiger partial charge in [-0.3, -0.25) is 4.79 Å². The lowest BCUT2D eigenvalue weighted by molar-refractivity contribution is -0.129. The third-order valence-corrected chi connectivity index (χ3v) is 9.04. The third kappa shape index (κ3) is 4.64. The Balaban J connectivity index is 1.33. The molecule has 2 heterocycles. The first-order chi connectivity index (χ1) is 14.4. The summed E-state index contributed by atoms with van der Waals surface area (Å²) >= 11 is 6.83. The van der Waals surface area contributed by atoms with E-state index >= 15 is 0 Å². The van der Waals surface area contributed by atoms with Gasteiger partial charge in [-0.25, -0.2) is 8.42 Å². The monoisotopic (exact) mass is 463 g/mol. The number of carbonyl (C=O) groups is 1. The van der Waals surface area contributed by atoms with E-state index in [4.69, 9.17) is 12.2 Å². The molecule has 6 nitrogen and oxygen atoms in total. The third-order valence-electron chi connectivity index (χ3n) is 5.63. The summed E-state index contributed by atoms with van der Waals surface area (Å²) in [6.45, 7) is 3.38. The second kappa shape index (κ2) is 9.21. The molecule has 0 N–H and O–H groups in total. The molecule has 9 heteroatoms. The van der Waals surface area contributed by atoms with Gasteiger partial charge in [0.2, 0.25) is 15.9 Å². The zero-order valence-corrected chi connectivity index (χ0v) is 19.1. The number of thioether (sulfide) groups is 1. The molecule has 2 aliphatic rings. The number of rotatable bonds is 4. The van der Waals surface area contributed by atoms with Crippen LogP contribution in [0.4, 0.5) is 0 Å². The van der Waals surface area contributed by atoms with E-state index in [9.17, 15) is 13.2 Å². The molecule has 2 aliphatic heterocycles. The summed E-state index contributed by atoms with van der Waals surface area (Å²) < 4.78 is 28.4. The van der Waals surface area contributed by atoms with Gasteiger partial charge in [0, 0.05) is 39.3 Å². The molecule has 2 fully saturated rings. The van der Waals surface area contributed by atoms with Crippen LogP contribution in [-0.2, 0) is 14.8 Å². The number of piperazine rings is 1. The summed E-state index contributed by atoms with van der Waals surface area (Å²) in [5.41, 5.74) is 0. The van der Waals surface area contributed by atoms with Gasteiger partial charge >= 0.3 is 0 Å². The lowest BCUT2D eigenvalue weighted by atomic mass is 10.1. The fourth-order valence-corrected chi connectivity index (χ4v) is 6.47. The summed E-state index contributed by atoms with van der Waals surface area (Å²) in [5, 5.41) is 1.91. The number of carbonyl (C=O) groups excluding carboxylic acids is 1. The van der Waals surface area contributed by atoms with Gasteiger partial charge in [-0.1, -0.05) is 54.3 Å². The summed E-state index contributed by atoms with van der Waals surface area (Å²) in [4.78, 5) is 16.7. The standard InChI is InChI=1S/C21H25N3O3S3/c25-20(16-29-21(28)23-9-3-4-10-23)22-11-13-24(14-12-22)30(26,27)19-8-7-17-5-1-2-6-18(17)15-19/h1-2,5-8,15H,3-4,9-14,16H2. The number of benzene rings is 2. The first kappa shape index (κ1) is 21.5. The Morgan fingerprint density at radius 1 is 0.900 bits per heavy atom. The minimum absolute atomic E-state index is 0.0179. The highest BCUT2D eigenvalue weighted by Gasteiger charge is 2.30. The smallest absolute Gasteiger partial charge is 0.243 e. The number of amides is 1. The van der Waals surface area contributed by atoms with Crippen LogP contribution in [0.5, 0.6) is 0 Å². The summed E-state index contributed by atoms with van der Waals surface area (Å²) in [6, 6.07) is 12.9. The molecule has 1 amide bonds. The Bertz CT molecular complexity index is 1040. The molecule has 0 saturated carbocycles. The van der Waals surface area contributed by atoms with Crippen LogP contribution >= 0.6 is 24.0 Å². The molecule has 0 unspecified atom stereocenters. The fraction of sp³-hybridized carbons (Fsp3) is 0.429. The van der Waals surface area contributed by atoms with Crippen LogP contribution in [0.25, 0.3) is 10.8 Å². The predicted molar refractivity (Wildman–Crippen MR) is 125 cm³/mol. The van der Waals surface area contributed by atoms with Gasteiger partial charge in [-0.2, -0.15) is 4.31 Å². The predicted octanol–water partition coefficient (Wildman–Crippen LogP) is 2.79. The first-order valence-corrected chi connectivity index (χ1v) is 13.0. The van der Waals surface area contributed by atoms with E-state index in [-0.39, 0.29) is 5.91 Å². The zero-order valence-electron chi connectivity index (χ0n) is 16.7. The number of hydrogen-bond acceptors (Lipinski definition) is 5. The van der Waals surface area contributed by atoms with E-state index < -0.39 is 10.0 Å². The maximum atomic E-state index is 13.1. The van der Waals surface area contributed by atoms with Crippen molar-refractivity contribution in [1.82, 2.24) is 14.1 Å². The van der Waals surface area contributed by atoms with Crippen LogP contribution in [0, 0.1) is 0 Å². The van der Waals surface area contributed by atoms with Gasteiger partial charge in [0.1, 0.15) is 4.32 Å². The van der Waals surface area contributed by atoms with Crippen LogP contribution < -0.4 is 0 Å². The highest BCUT2D eigenvalue weighted by Crippen LogP contribution is 2.23. The molecule has 2 aromatic rings. The van der Waals surface area contributed by atoms with Gasteiger partial charge < -0.3 is 9.80 Å². The van der Waals surface area contributed by atoms with E-state index in [1.54, 1.807) is 17.0 Å². The molecule has 4 rings (SSSR count). The molecule has 0 radical (unpaired) electrons. The first-order valence-electron chi connectivity index (χ1n) is 10.1. The largest absolute Gasteiger partial charge is 0.358 e. The summed E-state index contributed by atoms with van der Waals surface area (Å²) in [7, 11) is -3.58. The highest BCUT2D eigenvalue weighted by molar-refractivity contribution is 8.23. The molecule has 30 heavy (non-hydrogen) atoms. The van der Waals surface area contributed by atoms with Gasteiger partial charge in [0.15, 0.2) is 0 Å². The van der Waals surface area contributed by atoms with E-state index in [1.165, 1.54) is 16.1 Å². The Hall–Kier alpha value is -1.68. The number of sulfonamides is 1. The average molecular weight is 464 g/mol. The maximum Gasteiger partial charge on any atom is 0.243 e. The fourth-order valence-electron chi connectivity index (χ4n) is 3.86. The van der Waals surface area contributed by atoms with Crippen molar-refractivity contribution < 1.29 is 13.2 Å². The number of nitrogens with zero attached hydrogens (tertiary/aromatic N) is 3. The van der Waals surface area contributed by atoms with Crippen LogP contribution in [0.3, 0.4) is 0 Å². The van der Waals surface area contributed by atoms with E-state index in [0.29, 0.717) is 36.8 Å². The minimum atomic E-state index is -3.58. The SMILES string of the molecule is O=C(CSC(=S)N1CCCC1)N1CCN(S(=O)(=O)c2ccc3ccccc3c2)CC1. The van der Waals surface area contributed by atoms with E-state index in [2.05, 4.69) is 4.90 Å². The van der Waals surface area contributed by atoms with E-state index in [1.807, 2.05) is 30.3 Å². The molecule has 2 saturated heterocycles. The van der Waals surface area contributed by atoms with Crippen LogP contribution in [-0.4, -0.2) is 77.8 Å². The summed E-state index contributed by atoms with van der Waals surface area (Å²) in [5.74, 6) is 0.330. The number of hydrogen-bond donors (Lipinski definition) is 0. The quantitative estimate of drug-likeness (QED) is 0.650. The molecule has 0 aromatic heterocycles. The Kier molecular flexibility index (Phi) is 6.62. The van der Waals surface area contributed by atoms with Gasteiger partial charge in [-0.15, -0.1) is 0 Å². The zero-order chi connectivity index (χ0) is 21.1. The Morgan fingerprint density at radius 3 is 2.27 bits per heavy atom. The van der Waals surface area contributed by atoms with Crippen molar-refractivity contribution in [3.8, 4) is 0 Å². The Morgan fingerprint density at radius 2 is 1.57 bits per heavy atom. The molecule has 0 atom stereocenters. The van der Waals surface area contributed by atoms with Crippen molar-refractivity contribution >= 4 is 55.0 Å². The molecule has 0 spiro atoms. The molecular weight excluding hydrogens is 438 g/mol. The van der Waals surface area contributed by atoms with Crippen molar-refractivity contribution in [2.24, 2.45) is 0 Å². The number of thiocarbonyl (C=S) groups is 1. The van der Waals surface area contributed by atoms with Gasteiger partial charge in [0.05, 0.1) is 10.6 Å². The average Bonchev–Trinajstić information content (AvgIpc) is 3.32. The van der Waals surface area contributed by atoms with Crippen molar-refractivity contribution in [3.63, 3.8) is 0 Å². The van der Waals surface area contributed by atoms with Crippen LogP contribution in [0.15, 0.2) is 47.4 Å². The van der Waals surface area contributed by atoms with Crippen LogP contribution in [0.2, 0.25) is 0 Å². The second-order valence-corrected chi connectivity index (χ2v) is 11.1. The molecule has 2 aromatic carbocycles. The second-order valence-electron chi connectivity index (χ2n) is 7.54. The number of fused-ring (bicyclic) bond motifs is 1. The topological polar surface area (TPSA) is 60.9 Å². The van der Waals surface area contributed by atoms with Crippen molar-refractivity contribution in [1.29, 1.82) is 0 Å². The van der Waals surface area contributed by atoms with Crippen molar-refractivity contribution in [2.75, 3.05) is 45.0 Å². The Labute approximate surface area is 187 Å². The normalized spacial score (nSPS) is 18.1.